The van der Waals surface area contributed by atoms with Gasteiger partial charge in [-0.3, -0.25) is 9.69 Å². The van der Waals surface area contributed by atoms with Crippen LogP contribution in [0.3, 0.4) is 0 Å². The topological polar surface area (TPSA) is 78.5 Å². The van der Waals surface area contributed by atoms with Gasteiger partial charge in [-0.05, 0) is 68.6 Å². The molecule has 0 saturated heterocycles. The van der Waals surface area contributed by atoms with Gasteiger partial charge < -0.3 is 5.32 Å². The van der Waals surface area contributed by atoms with Gasteiger partial charge in [-0.25, -0.2) is 13.1 Å². The van der Waals surface area contributed by atoms with Crippen molar-refractivity contribution in [2.45, 2.75) is 63.7 Å². The predicted molar refractivity (Wildman–Crippen MR) is 119 cm³/mol. The number of hydrogen-bond acceptors (Lipinski definition) is 4. The predicted octanol–water partition coefficient (Wildman–Crippen LogP) is 3.29. The van der Waals surface area contributed by atoms with Gasteiger partial charge in [0.25, 0.3) is 5.91 Å². The highest BCUT2D eigenvalue weighted by Crippen LogP contribution is 2.22. The van der Waals surface area contributed by atoms with Crippen molar-refractivity contribution in [2.75, 3.05) is 6.54 Å². The molecule has 2 aromatic carbocycles. The molecule has 1 aliphatic rings. The minimum atomic E-state index is -3.45. The molecule has 3 rings (SSSR count). The summed E-state index contributed by atoms with van der Waals surface area (Å²) in [6.45, 7) is 8.69. The zero-order valence-corrected chi connectivity index (χ0v) is 18.7. The zero-order chi connectivity index (χ0) is 21.7. The number of amides is 1. The largest absolute Gasteiger partial charge is 0.348 e. The van der Waals surface area contributed by atoms with Crippen LogP contribution in [0.1, 0.15) is 55.1 Å². The van der Waals surface area contributed by atoms with Crippen molar-refractivity contribution >= 4 is 15.9 Å². The highest BCUT2D eigenvalue weighted by molar-refractivity contribution is 7.89. The average molecular weight is 430 g/mol. The third-order valence-electron chi connectivity index (χ3n) is 5.32. The van der Waals surface area contributed by atoms with Crippen molar-refractivity contribution in [3.8, 4) is 0 Å². The van der Waals surface area contributed by atoms with E-state index in [4.69, 9.17) is 0 Å². The quantitative estimate of drug-likeness (QED) is 0.608. The molecule has 0 heterocycles. The van der Waals surface area contributed by atoms with Crippen LogP contribution in [0.2, 0.25) is 0 Å². The Labute approximate surface area is 179 Å². The van der Waals surface area contributed by atoms with Gasteiger partial charge in [0.15, 0.2) is 0 Å². The maximum atomic E-state index is 12.4. The van der Waals surface area contributed by atoms with Gasteiger partial charge in [0.05, 0.1) is 4.90 Å². The Morgan fingerprint density at radius 3 is 2.17 bits per heavy atom. The fourth-order valence-corrected chi connectivity index (χ4v) is 4.52. The fourth-order valence-electron chi connectivity index (χ4n) is 3.22. The molecular weight excluding hydrogens is 398 g/mol. The van der Waals surface area contributed by atoms with E-state index in [2.05, 4.69) is 35.7 Å². The maximum absolute atomic E-state index is 12.4. The lowest BCUT2D eigenvalue weighted by molar-refractivity contribution is 0.0951. The number of hydrogen-bond donors (Lipinski definition) is 2. The molecule has 0 atom stereocenters. The number of carbonyl (C=O) groups is 1. The van der Waals surface area contributed by atoms with Gasteiger partial charge in [-0.2, -0.15) is 0 Å². The Bertz CT molecular complexity index is 950. The van der Waals surface area contributed by atoms with Crippen molar-refractivity contribution in [1.29, 1.82) is 0 Å². The summed E-state index contributed by atoms with van der Waals surface area (Å²) in [7, 11) is -3.45. The minimum absolute atomic E-state index is 0.0794. The molecular formula is C23H31N3O3S. The van der Waals surface area contributed by atoms with E-state index in [1.165, 1.54) is 5.56 Å². The lowest BCUT2D eigenvalue weighted by Crippen LogP contribution is -2.30. The van der Waals surface area contributed by atoms with Crippen LogP contribution in [0, 0.1) is 0 Å². The monoisotopic (exact) mass is 429 g/mol. The van der Waals surface area contributed by atoms with Gasteiger partial charge in [0.1, 0.15) is 0 Å². The molecule has 2 N–H and O–H groups in total. The van der Waals surface area contributed by atoms with Gasteiger partial charge in [-0.15, -0.1) is 0 Å². The van der Waals surface area contributed by atoms with Gasteiger partial charge in [-0.1, -0.05) is 31.2 Å². The smallest absolute Gasteiger partial charge is 0.251 e. The first-order chi connectivity index (χ1) is 14.3. The molecule has 162 valence electrons. The number of rotatable bonds is 10. The fraction of sp³-hybridized carbons (Fsp3) is 0.435. The van der Waals surface area contributed by atoms with Crippen molar-refractivity contribution in [1.82, 2.24) is 14.9 Å². The molecule has 1 amide bonds. The highest BCUT2D eigenvalue weighted by Gasteiger charge is 2.27. The minimum Gasteiger partial charge on any atom is -0.348 e. The van der Waals surface area contributed by atoms with Crippen LogP contribution in [0.4, 0.5) is 0 Å². The van der Waals surface area contributed by atoms with E-state index in [1.807, 2.05) is 24.3 Å². The Morgan fingerprint density at radius 2 is 1.63 bits per heavy atom. The molecule has 1 fully saturated rings. The SMILES string of the molecule is CCN(Cc1ccc(C(=O)NCc2ccc(S(=O)(=O)NC3CC3)cc2)cc1)C(C)C. The van der Waals surface area contributed by atoms with Crippen molar-refractivity contribution in [2.24, 2.45) is 0 Å². The van der Waals surface area contributed by atoms with Crippen molar-refractivity contribution in [3.05, 3.63) is 65.2 Å². The van der Waals surface area contributed by atoms with Crippen LogP contribution in [-0.4, -0.2) is 37.9 Å². The molecule has 0 radical (unpaired) electrons. The molecule has 1 aliphatic carbocycles. The first-order valence-electron chi connectivity index (χ1n) is 10.5. The summed E-state index contributed by atoms with van der Waals surface area (Å²) in [5.74, 6) is -0.148. The molecule has 2 aromatic rings. The first kappa shape index (κ1) is 22.5. The summed E-state index contributed by atoms with van der Waals surface area (Å²) < 4.78 is 27.1. The summed E-state index contributed by atoms with van der Waals surface area (Å²) in [6, 6.07) is 14.9. The lowest BCUT2D eigenvalue weighted by Gasteiger charge is -2.24. The van der Waals surface area contributed by atoms with E-state index in [-0.39, 0.29) is 16.8 Å². The standard InChI is InChI=1S/C23H31N3O3S/c1-4-26(17(2)3)16-19-5-9-20(10-6-19)23(27)24-15-18-7-13-22(14-8-18)30(28,29)25-21-11-12-21/h5-10,13-14,17,21,25H,4,11-12,15-16H2,1-3H3,(H,24,27). The van der Waals surface area contributed by atoms with Crippen LogP contribution in [-0.2, 0) is 23.1 Å². The van der Waals surface area contributed by atoms with E-state index < -0.39 is 10.0 Å². The summed E-state index contributed by atoms with van der Waals surface area (Å²) in [5.41, 5.74) is 2.64. The normalized spacial score (nSPS) is 14.3. The number of benzene rings is 2. The molecule has 0 spiro atoms. The van der Waals surface area contributed by atoms with Crippen LogP contribution in [0.25, 0.3) is 0 Å². The molecule has 1 saturated carbocycles. The van der Waals surface area contributed by atoms with Crippen molar-refractivity contribution < 1.29 is 13.2 Å². The summed E-state index contributed by atoms with van der Waals surface area (Å²) in [4.78, 5) is 15.1. The lowest BCUT2D eigenvalue weighted by atomic mass is 10.1. The van der Waals surface area contributed by atoms with Crippen LogP contribution < -0.4 is 10.0 Å². The Balaban J connectivity index is 1.53. The second-order valence-corrected chi connectivity index (χ2v) is 9.79. The second-order valence-electron chi connectivity index (χ2n) is 8.08. The second kappa shape index (κ2) is 9.73. The Morgan fingerprint density at radius 1 is 1.03 bits per heavy atom. The van der Waals surface area contributed by atoms with E-state index in [0.29, 0.717) is 18.2 Å². The molecule has 0 aromatic heterocycles. The van der Waals surface area contributed by atoms with Gasteiger partial charge in [0.2, 0.25) is 10.0 Å². The Hall–Kier alpha value is -2.22. The first-order valence-corrected chi connectivity index (χ1v) is 12.0. The number of carbonyl (C=O) groups excluding carboxylic acids is 1. The molecule has 7 heteroatoms. The molecule has 0 aliphatic heterocycles. The average Bonchev–Trinajstić information content (AvgIpc) is 3.54. The van der Waals surface area contributed by atoms with Gasteiger partial charge >= 0.3 is 0 Å². The molecule has 6 nitrogen and oxygen atoms in total. The molecule has 0 unspecified atom stereocenters. The highest BCUT2D eigenvalue weighted by atomic mass is 32.2. The third-order valence-corrected chi connectivity index (χ3v) is 6.86. The number of nitrogens with one attached hydrogen (secondary N) is 2. The number of sulfonamides is 1. The zero-order valence-electron chi connectivity index (χ0n) is 17.9. The third kappa shape index (κ3) is 6.14. The molecule has 30 heavy (non-hydrogen) atoms. The van der Waals surface area contributed by atoms with E-state index in [1.54, 1.807) is 24.3 Å². The summed E-state index contributed by atoms with van der Waals surface area (Å²) in [5, 5.41) is 2.89. The number of nitrogens with zero attached hydrogens (tertiary/aromatic N) is 1. The van der Waals surface area contributed by atoms with Gasteiger partial charge in [0, 0.05) is 30.7 Å². The van der Waals surface area contributed by atoms with E-state index >= 15 is 0 Å². The van der Waals surface area contributed by atoms with E-state index in [9.17, 15) is 13.2 Å². The summed E-state index contributed by atoms with van der Waals surface area (Å²) >= 11 is 0. The van der Waals surface area contributed by atoms with Crippen LogP contribution in [0.5, 0.6) is 0 Å². The van der Waals surface area contributed by atoms with Crippen molar-refractivity contribution in [3.63, 3.8) is 0 Å². The Kier molecular flexibility index (Phi) is 7.28. The molecule has 0 bridgehead atoms. The van der Waals surface area contributed by atoms with E-state index in [0.717, 1.165) is 31.5 Å². The summed E-state index contributed by atoms with van der Waals surface area (Å²) in [6.07, 6.45) is 1.80. The maximum Gasteiger partial charge on any atom is 0.251 e. The van der Waals surface area contributed by atoms with Crippen LogP contribution in [0.15, 0.2) is 53.4 Å². The van der Waals surface area contributed by atoms with Crippen LogP contribution >= 0.6 is 0 Å².